The van der Waals surface area contributed by atoms with Crippen LogP contribution in [0.1, 0.15) is 38.3 Å². The molecule has 1 aromatic heterocycles. The van der Waals surface area contributed by atoms with Crippen molar-refractivity contribution < 1.29 is 32.6 Å². The maximum atomic E-state index is 12.9. The first-order valence-electron chi connectivity index (χ1n) is 9.14. The number of thiophene rings is 1. The fourth-order valence-corrected chi connectivity index (χ4v) is 4.44. The number of aryl methyl sites for hydroxylation is 3. The molecule has 8 heteroatoms. The molecule has 1 heterocycles. The highest BCUT2D eigenvalue weighted by molar-refractivity contribution is 7.19. The molecule has 0 amide bonds. The minimum absolute atomic E-state index is 0.101. The molecule has 1 N–H and O–H groups in total. The summed E-state index contributed by atoms with van der Waals surface area (Å²) in [4.78, 5) is 24.1. The number of Topliss-reactive ketones (excluding diaryl/α,β-unsaturated/α-hetero) is 1. The topological polar surface area (TPSA) is 63.6 Å². The highest BCUT2D eigenvalue weighted by Crippen LogP contribution is 2.37. The number of carboxylic acids is 1. The fourth-order valence-electron chi connectivity index (χ4n) is 3.19. The quantitative estimate of drug-likeness (QED) is 0.475. The van der Waals surface area contributed by atoms with Crippen LogP contribution < -0.4 is 4.74 Å². The van der Waals surface area contributed by atoms with Gasteiger partial charge in [0.2, 0.25) is 0 Å². The number of aliphatic carboxylic acids is 1. The second kappa shape index (κ2) is 8.47. The summed E-state index contributed by atoms with van der Waals surface area (Å²) in [6.45, 7) is 3.11. The third-order valence-corrected chi connectivity index (χ3v) is 6.11. The molecule has 0 saturated heterocycles. The predicted molar refractivity (Wildman–Crippen MR) is 109 cm³/mol. The number of carbonyl (C=O) groups excluding carboxylic acids is 1. The van der Waals surface area contributed by atoms with Crippen LogP contribution in [0.4, 0.5) is 13.2 Å². The SMILES string of the molecule is Cc1cc(C(=O)CCc2sc3cc(C(F)(F)F)ccc3c2C)ccc1OCC(=O)O. The van der Waals surface area contributed by atoms with Crippen molar-refractivity contribution in [3.8, 4) is 5.75 Å². The fraction of sp³-hybridized carbons (Fsp3) is 0.273. The number of carbonyl (C=O) groups is 2. The van der Waals surface area contributed by atoms with E-state index in [0.29, 0.717) is 28.0 Å². The van der Waals surface area contributed by atoms with Crippen LogP contribution in [0.2, 0.25) is 0 Å². The van der Waals surface area contributed by atoms with Crippen molar-refractivity contribution in [2.24, 2.45) is 0 Å². The Morgan fingerprint density at radius 3 is 2.47 bits per heavy atom. The van der Waals surface area contributed by atoms with Gasteiger partial charge in [0.1, 0.15) is 5.75 Å². The van der Waals surface area contributed by atoms with Crippen LogP contribution in [0.5, 0.6) is 5.75 Å². The second-order valence-corrected chi connectivity index (χ2v) is 8.08. The molecule has 30 heavy (non-hydrogen) atoms. The van der Waals surface area contributed by atoms with E-state index in [1.54, 1.807) is 25.1 Å². The number of halogens is 3. The molecule has 3 aromatic rings. The van der Waals surface area contributed by atoms with Crippen LogP contribution in [0.15, 0.2) is 36.4 Å². The van der Waals surface area contributed by atoms with E-state index in [-0.39, 0.29) is 12.2 Å². The lowest BCUT2D eigenvalue weighted by atomic mass is 10.0. The monoisotopic (exact) mass is 436 g/mol. The van der Waals surface area contributed by atoms with E-state index in [1.807, 2.05) is 6.92 Å². The molecule has 0 radical (unpaired) electrons. The molecule has 0 aliphatic heterocycles. The van der Waals surface area contributed by atoms with E-state index in [4.69, 9.17) is 9.84 Å². The number of alkyl halides is 3. The van der Waals surface area contributed by atoms with E-state index < -0.39 is 24.3 Å². The van der Waals surface area contributed by atoms with Crippen molar-refractivity contribution in [2.75, 3.05) is 6.61 Å². The van der Waals surface area contributed by atoms with Crippen molar-refractivity contribution in [3.63, 3.8) is 0 Å². The van der Waals surface area contributed by atoms with Crippen LogP contribution in [0.3, 0.4) is 0 Å². The van der Waals surface area contributed by atoms with Crippen molar-refractivity contribution in [3.05, 3.63) is 63.5 Å². The van der Waals surface area contributed by atoms with E-state index in [1.165, 1.54) is 17.4 Å². The molecular weight excluding hydrogens is 417 g/mol. The van der Waals surface area contributed by atoms with Crippen LogP contribution in [-0.2, 0) is 17.4 Å². The number of fused-ring (bicyclic) bond motifs is 1. The van der Waals surface area contributed by atoms with Crippen LogP contribution in [0, 0.1) is 13.8 Å². The minimum atomic E-state index is -4.39. The van der Waals surface area contributed by atoms with Gasteiger partial charge in [0.15, 0.2) is 12.4 Å². The summed E-state index contributed by atoms with van der Waals surface area (Å²) < 4.78 is 44.5. The average molecular weight is 436 g/mol. The molecule has 0 atom stereocenters. The molecular formula is C22H19F3O4S. The lowest BCUT2D eigenvalue weighted by Gasteiger charge is -2.08. The van der Waals surface area contributed by atoms with Gasteiger partial charge in [-0.2, -0.15) is 13.2 Å². The Balaban J connectivity index is 1.72. The molecule has 4 nitrogen and oxygen atoms in total. The summed E-state index contributed by atoms with van der Waals surface area (Å²) in [5.74, 6) is -0.791. The highest BCUT2D eigenvalue weighted by Gasteiger charge is 2.30. The second-order valence-electron chi connectivity index (χ2n) is 6.94. The molecule has 0 fully saturated rings. The smallest absolute Gasteiger partial charge is 0.416 e. The van der Waals surface area contributed by atoms with Gasteiger partial charge in [0.25, 0.3) is 0 Å². The Hall–Kier alpha value is -2.87. The summed E-state index contributed by atoms with van der Waals surface area (Å²) in [5, 5.41) is 9.45. The Morgan fingerprint density at radius 1 is 1.10 bits per heavy atom. The number of ether oxygens (including phenoxy) is 1. The Bertz CT molecular complexity index is 1120. The highest BCUT2D eigenvalue weighted by atomic mass is 32.1. The number of hydrogen-bond donors (Lipinski definition) is 1. The van der Waals surface area contributed by atoms with E-state index >= 15 is 0 Å². The van der Waals surface area contributed by atoms with Gasteiger partial charge < -0.3 is 9.84 Å². The maximum Gasteiger partial charge on any atom is 0.416 e. The Labute approximate surface area is 174 Å². The van der Waals surface area contributed by atoms with E-state index in [9.17, 15) is 22.8 Å². The first kappa shape index (κ1) is 21.8. The molecule has 0 aliphatic carbocycles. The van der Waals surface area contributed by atoms with Crippen molar-refractivity contribution >= 4 is 33.2 Å². The molecule has 0 aliphatic rings. The molecule has 3 rings (SSSR count). The number of ketones is 1. The number of hydrogen-bond acceptors (Lipinski definition) is 4. The summed E-state index contributed by atoms with van der Waals surface area (Å²) >= 11 is 1.28. The van der Waals surface area contributed by atoms with Crippen LogP contribution in [0.25, 0.3) is 10.1 Å². The van der Waals surface area contributed by atoms with Crippen LogP contribution in [-0.4, -0.2) is 23.5 Å². The van der Waals surface area contributed by atoms with Gasteiger partial charge in [0.05, 0.1) is 5.56 Å². The van der Waals surface area contributed by atoms with Crippen molar-refractivity contribution in [1.29, 1.82) is 0 Å². The lowest BCUT2D eigenvalue weighted by molar-refractivity contribution is -0.139. The van der Waals surface area contributed by atoms with Gasteiger partial charge in [0, 0.05) is 21.6 Å². The van der Waals surface area contributed by atoms with Gasteiger partial charge in [-0.1, -0.05) is 6.07 Å². The third kappa shape index (κ3) is 4.81. The van der Waals surface area contributed by atoms with Crippen molar-refractivity contribution in [2.45, 2.75) is 32.9 Å². The summed E-state index contributed by atoms with van der Waals surface area (Å²) in [6, 6.07) is 8.50. The Morgan fingerprint density at radius 2 is 1.83 bits per heavy atom. The van der Waals surface area contributed by atoms with Crippen molar-refractivity contribution in [1.82, 2.24) is 0 Å². The standard InChI is InChI=1S/C22H19F3O4S/c1-12-9-14(3-7-18(12)29-11-21(27)28)17(26)6-8-19-13(2)16-5-4-15(22(23,24)25)10-20(16)30-19/h3-5,7,9-10H,6,8,11H2,1-2H3,(H,27,28). The zero-order valence-electron chi connectivity index (χ0n) is 16.3. The summed E-state index contributed by atoms with van der Waals surface area (Å²) in [5.41, 5.74) is 1.35. The van der Waals surface area contributed by atoms with Gasteiger partial charge in [-0.3, -0.25) is 4.79 Å². The van der Waals surface area contributed by atoms with E-state index in [0.717, 1.165) is 28.0 Å². The van der Waals surface area contributed by atoms with Gasteiger partial charge in [-0.25, -0.2) is 4.79 Å². The zero-order chi connectivity index (χ0) is 22.1. The molecule has 2 aromatic carbocycles. The number of benzene rings is 2. The average Bonchev–Trinajstić information content (AvgIpc) is 2.99. The molecule has 158 valence electrons. The molecule has 0 spiro atoms. The van der Waals surface area contributed by atoms with Gasteiger partial charge in [-0.05, 0) is 67.1 Å². The van der Waals surface area contributed by atoms with Gasteiger partial charge >= 0.3 is 12.1 Å². The normalized spacial score (nSPS) is 11.6. The Kier molecular flexibility index (Phi) is 6.17. The minimum Gasteiger partial charge on any atom is -0.482 e. The largest absolute Gasteiger partial charge is 0.482 e. The lowest BCUT2D eigenvalue weighted by Crippen LogP contribution is -2.10. The summed E-state index contributed by atoms with van der Waals surface area (Å²) in [6.07, 6.45) is -3.74. The van der Waals surface area contributed by atoms with E-state index in [2.05, 4.69) is 0 Å². The molecule has 0 bridgehead atoms. The van der Waals surface area contributed by atoms with Gasteiger partial charge in [-0.15, -0.1) is 11.3 Å². The zero-order valence-corrected chi connectivity index (χ0v) is 17.1. The molecule has 0 unspecified atom stereocenters. The molecule has 0 saturated carbocycles. The maximum absolute atomic E-state index is 12.9. The number of rotatable bonds is 7. The summed E-state index contributed by atoms with van der Waals surface area (Å²) in [7, 11) is 0. The third-order valence-electron chi connectivity index (χ3n) is 4.79. The first-order chi connectivity index (χ1) is 14.1. The predicted octanol–water partition coefficient (Wildman–Crippen LogP) is 5.82. The number of carboxylic acid groups (broad SMARTS) is 1. The van der Waals surface area contributed by atoms with Crippen LogP contribution >= 0.6 is 11.3 Å². The first-order valence-corrected chi connectivity index (χ1v) is 9.95.